The first-order valence-corrected chi connectivity index (χ1v) is 13.1. The number of nitriles is 2. The van der Waals surface area contributed by atoms with Crippen LogP contribution in [-0.4, -0.2) is 22.1 Å². The Morgan fingerprint density at radius 3 is 2.62 bits per heavy atom. The monoisotopic (exact) mass is 545 g/mol. The lowest BCUT2D eigenvalue weighted by atomic mass is 9.84. The van der Waals surface area contributed by atoms with Gasteiger partial charge in [-0.25, -0.2) is 4.39 Å². The molecule has 2 aromatic carbocycles. The maximum atomic E-state index is 13.8. The maximum Gasteiger partial charge on any atom is 0.123 e. The van der Waals surface area contributed by atoms with E-state index in [2.05, 4.69) is 38.7 Å². The molecule has 1 aliphatic carbocycles. The molecule has 0 spiro atoms. The molecule has 5 rings (SSSR count). The van der Waals surface area contributed by atoms with Crippen molar-refractivity contribution in [2.75, 3.05) is 10.6 Å². The molecule has 2 aliphatic rings. The molecule has 0 amide bonds. The Morgan fingerprint density at radius 1 is 1.23 bits per heavy atom. The van der Waals surface area contributed by atoms with Gasteiger partial charge in [-0.15, -0.1) is 5.53 Å². The molecule has 1 aromatic heterocycles. The van der Waals surface area contributed by atoms with E-state index in [0.29, 0.717) is 50.2 Å². The third kappa shape index (κ3) is 5.70. The van der Waals surface area contributed by atoms with Gasteiger partial charge in [0, 0.05) is 35.6 Å². The molecule has 39 heavy (non-hydrogen) atoms. The molecule has 8 nitrogen and oxygen atoms in total. The SMILES string of the molecule is [2H][C@](Nc1cc(Cl)c2ncc(C#N)c(N[C@H](CC#N)C(C)(C)C)c2c1)(C1=CN(C2CC2)NN1)c1ccc(F)cc1. The molecule has 0 radical (unpaired) electrons. The van der Waals surface area contributed by atoms with Crippen LogP contribution in [0.2, 0.25) is 5.02 Å². The fourth-order valence-corrected chi connectivity index (χ4v) is 4.74. The molecule has 0 bridgehead atoms. The van der Waals surface area contributed by atoms with Crippen molar-refractivity contribution in [3.8, 4) is 12.1 Å². The lowest BCUT2D eigenvalue weighted by molar-refractivity contribution is 0.260. The lowest BCUT2D eigenvalue weighted by Gasteiger charge is -2.31. The highest BCUT2D eigenvalue weighted by molar-refractivity contribution is 6.35. The van der Waals surface area contributed by atoms with Gasteiger partial charge in [0.25, 0.3) is 0 Å². The third-order valence-electron chi connectivity index (χ3n) is 6.90. The average Bonchev–Trinajstić information content (AvgIpc) is 3.64. The van der Waals surface area contributed by atoms with Crippen LogP contribution in [0, 0.1) is 33.9 Å². The Hall–Kier alpha value is -4.05. The van der Waals surface area contributed by atoms with Crippen LogP contribution in [0.4, 0.5) is 15.8 Å². The van der Waals surface area contributed by atoms with Crippen LogP contribution < -0.4 is 21.6 Å². The van der Waals surface area contributed by atoms with Gasteiger partial charge in [0.1, 0.15) is 11.9 Å². The highest BCUT2D eigenvalue weighted by Crippen LogP contribution is 2.38. The molecule has 10 heteroatoms. The first-order chi connectivity index (χ1) is 19.0. The molecule has 0 unspecified atom stereocenters. The summed E-state index contributed by atoms with van der Waals surface area (Å²) in [6.07, 6.45) is 5.66. The molecular formula is C29H30ClFN8. The van der Waals surface area contributed by atoms with E-state index in [1.165, 1.54) is 18.3 Å². The number of aromatic nitrogens is 1. The summed E-state index contributed by atoms with van der Waals surface area (Å²) in [5, 5.41) is 28.9. The van der Waals surface area contributed by atoms with E-state index in [9.17, 15) is 16.3 Å². The summed E-state index contributed by atoms with van der Waals surface area (Å²) in [6, 6.07) is 12.2. The molecule has 0 saturated heterocycles. The molecule has 1 aliphatic heterocycles. The maximum absolute atomic E-state index is 13.8. The quantitative estimate of drug-likeness (QED) is 0.268. The number of benzene rings is 2. The molecular weight excluding hydrogens is 515 g/mol. The number of nitrogens with one attached hydrogen (secondary N) is 4. The van der Waals surface area contributed by atoms with E-state index < -0.39 is 11.8 Å². The normalized spacial score (nSPS) is 17.8. The molecule has 1 fully saturated rings. The zero-order valence-electron chi connectivity index (χ0n) is 22.9. The number of anilines is 2. The largest absolute Gasteiger partial charge is 0.379 e. The van der Waals surface area contributed by atoms with E-state index in [0.717, 1.165) is 12.8 Å². The van der Waals surface area contributed by atoms with Crippen LogP contribution in [0.15, 0.2) is 54.5 Å². The number of pyridine rings is 1. The Labute approximate surface area is 233 Å². The molecule has 200 valence electrons. The van der Waals surface area contributed by atoms with Crippen LogP contribution in [0.3, 0.4) is 0 Å². The molecule has 2 heterocycles. The summed E-state index contributed by atoms with van der Waals surface area (Å²) in [4.78, 5) is 4.43. The van der Waals surface area contributed by atoms with Crippen molar-refractivity contribution in [1.82, 2.24) is 21.0 Å². The smallest absolute Gasteiger partial charge is 0.123 e. The summed E-state index contributed by atoms with van der Waals surface area (Å²) in [7, 11) is 0. The Morgan fingerprint density at radius 2 is 1.97 bits per heavy atom. The first kappa shape index (κ1) is 25.2. The standard InChI is InChI=1S/C29H30ClFN8/c1-29(2,3)25(10-11-32)36-26-18(14-33)15-34-28-22(26)12-20(13-23(28)30)35-27(17-4-6-19(31)7-5-17)24-16-39(38-37-24)21-8-9-21/h4-7,12-13,15-16,21,25,27,35,37-38H,8-10H2,1-3H3,(H,34,36)/t25-,27-/m1/s1/i27D. The minimum atomic E-state index is -1.55. The van der Waals surface area contributed by atoms with Gasteiger partial charge in [-0.2, -0.15) is 10.5 Å². The van der Waals surface area contributed by atoms with Crippen molar-refractivity contribution in [2.45, 2.75) is 58.1 Å². The van der Waals surface area contributed by atoms with Crippen LogP contribution >= 0.6 is 11.6 Å². The average molecular weight is 546 g/mol. The third-order valence-corrected chi connectivity index (χ3v) is 7.19. The summed E-state index contributed by atoms with van der Waals surface area (Å²) in [6.45, 7) is 6.07. The molecule has 1 saturated carbocycles. The second kappa shape index (κ2) is 10.6. The Bertz CT molecular complexity index is 1550. The van der Waals surface area contributed by atoms with Gasteiger partial charge in [-0.05, 0) is 48.1 Å². The van der Waals surface area contributed by atoms with E-state index in [1.54, 1.807) is 24.3 Å². The minimum Gasteiger partial charge on any atom is -0.379 e. The second-order valence-electron chi connectivity index (χ2n) is 10.9. The summed E-state index contributed by atoms with van der Waals surface area (Å²) < 4.78 is 23.4. The zero-order chi connectivity index (χ0) is 28.7. The number of hydrazine groups is 2. The van der Waals surface area contributed by atoms with Gasteiger partial charge >= 0.3 is 0 Å². The minimum absolute atomic E-state index is 0.231. The highest BCUT2D eigenvalue weighted by atomic mass is 35.5. The van der Waals surface area contributed by atoms with Gasteiger partial charge in [-0.1, -0.05) is 44.5 Å². The van der Waals surface area contributed by atoms with Crippen molar-refractivity contribution >= 4 is 33.9 Å². The van der Waals surface area contributed by atoms with Crippen LogP contribution in [0.25, 0.3) is 10.9 Å². The number of rotatable bonds is 8. The van der Waals surface area contributed by atoms with Crippen molar-refractivity contribution in [1.29, 1.82) is 10.5 Å². The number of fused-ring (bicyclic) bond motifs is 1. The number of hydrogen-bond donors (Lipinski definition) is 4. The van der Waals surface area contributed by atoms with E-state index in [4.69, 9.17) is 11.6 Å². The number of halogens is 2. The summed E-state index contributed by atoms with van der Waals surface area (Å²) >= 11 is 6.72. The van der Waals surface area contributed by atoms with Crippen LogP contribution in [-0.2, 0) is 0 Å². The van der Waals surface area contributed by atoms with Gasteiger partial charge in [0.2, 0.25) is 0 Å². The van der Waals surface area contributed by atoms with E-state index in [1.807, 2.05) is 32.0 Å². The number of nitrogens with zero attached hydrogens (tertiary/aromatic N) is 4. The van der Waals surface area contributed by atoms with Crippen molar-refractivity contribution in [2.24, 2.45) is 5.41 Å². The van der Waals surface area contributed by atoms with Gasteiger partial charge < -0.3 is 16.1 Å². The van der Waals surface area contributed by atoms with Crippen molar-refractivity contribution < 1.29 is 5.76 Å². The Balaban J connectivity index is 1.62. The van der Waals surface area contributed by atoms with Crippen LogP contribution in [0.1, 0.15) is 58.5 Å². The Kier molecular flexibility index (Phi) is 6.86. The number of hydrogen-bond acceptors (Lipinski definition) is 8. The van der Waals surface area contributed by atoms with Crippen molar-refractivity contribution in [3.63, 3.8) is 0 Å². The van der Waals surface area contributed by atoms with E-state index in [-0.39, 0.29) is 17.9 Å². The molecule has 2 atom stereocenters. The predicted octanol–water partition coefficient (Wildman–Crippen LogP) is 6.12. The lowest BCUT2D eigenvalue weighted by Crippen LogP contribution is -2.38. The zero-order valence-corrected chi connectivity index (χ0v) is 22.7. The topological polar surface area (TPSA) is 112 Å². The molecule has 4 N–H and O–H groups in total. The summed E-state index contributed by atoms with van der Waals surface area (Å²) in [5.41, 5.74) is 8.76. The fraction of sp³-hybridized carbons (Fsp3) is 0.345. The van der Waals surface area contributed by atoms with Gasteiger partial charge in [0.15, 0.2) is 0 Å². The predicted molar refractivity (Wildman–Crippen MR) is 151 cm³/mol. The summed E-state index contributed by atoms with van der Waals surface area (Å²) in [5.74, 6) is -0.400. The van der Waals surface area contributed by atoms with Gasteiger partial charge in [-0.3, -0.25) is 9.99 Å². The fourth-order valence-electron chi connectivity index (χ4n) is 4.47. The van der Waals surface area contributed by atoms with E-state index >= 15 is 0 Å². The highest BCUT2D eigenvalue weighted by Gasteiger charge is 2.32. The van der Waals surface area contributed by atoms with Crippen molar-refractivity contribution in [3.05, 3.63) is 76.5 Å². The first-order valence-electron chi connectivity index (χ1n) is 13.3. The second-order valence-corrected chi connectivity index (χ2v) is 11.3. The van der Waals surface area contributed by atoms with Crippen LogP contribution in [0.5, 0.6) is 0 Å². The van der Waals surface area contributed by atoms with Gasteiger partial charge in [0.05, 0.1) is 47.4 Å². The molecule has 3 aromatic rings.